The lowest BCUT2D eigenvalue weighted by atomic mass is 10.1. The Morgan fingerprint density at radius 2 is 1.84 bits per heavy atom. The van der Waals surface area contributed by atoms with Gasteiger partial charge in [-0.2, -0.15) is 5.10 Å². The lowest BCUT2D eigenvalue weighted by molar-refractivity contribution is -0.140. The maximum Gasteiger partial charge on any atom is 0.305 e. The van der Waals surface area contributed by atoms with E-state index in [2.05, 4.69) is 35.2 Å². The van der Waals surface area contributed by atoms with E-state index in [9.17, 15) is 9.59 Å². The zero-order valence-corrected chi connectivity index (χ0v) is 17.8. The van der Waals surface area contributed by atoms with Gasteiger partial charge >= 0.3 is 5.97 Å². The van der Waals surface area contributed by atoms with Crippen LogP contribution in [0.5, 0.6) is 0 Å². The molecule has 1 heterocycles. The Bertz CT molecular complexity index is 1020. The van der Waals surface area contributed by atoms with E-state index >= 15 is 0 Å². The van der Waals surface area contributed by atoms with Gasteiger partial charge in [-0.15, -0.1) is 0 Å². The molecule has 0 saturated heterocycles. The van der Waals surface area contributed by atoms with Gasteiger partial charge in [0.05, 0.1) is 32.1 Å². The average molecular weight is 439 g/mol. The van der Waals surface area contributed by atoms with Crippen LogP contribution in [0.1, 0.15) is 49.7 Å². The van der Waals surface area contributed by atoms with Crippen LogP contribution in [-0.4, -0.2) is 28.8 Å². The molecule has 0 aliphatic rings. The Labute approximate surface area is 184 Å². The molecule has 0 aliphatic carbocycles. The number of anilines is 1. The Morgan fingerprint density at radius 3 is 2.56 bits per heavy atom. The van der Waals surface area contributed by atoms with Gasteiger partial charge < -0.3 is 10.1 Å². The molecule has 1 N–H and O–H groups in total. The minimum atomic E-state index is -0.212. The lowest BCUT2D eigenvalue weighted by Gasteiger charge is -2.06. The highest BCUT2D eigenvalue weighted by molar-refractivity contribution is 5.90. The predicted octanol–water partition coefficient (Wildman–Crippen LogP) is 5.14. The third kappa shape index (κ3) is 8.78. The third-order valence-electron chi connectivity index (χ3n) is 4.54. The molecule has 0 bridgehead atoms. The number of unbranched alkanes of at least 4 members (excludes halogenated alkanes) is 3. The van der Waals surface area contributed by atoms with Crippen LogP contribution < -0.4 is 5.32 Å². The van der Waals surface area contributed by atoms with E-state index in [0.717, 1.165) is 36.8 Å². The molecule has 0 fully saturated rings. The number of rotatable bonds is 13. The highest BCUT2D eigenvalue weighted by atomic mass is 16.5. The monoisotopic (exact) mass is 439 g/mol. The molecule has 1 aromatic heterocycles. The van der Waals surface area contributed by atoms with Gasteiger partial charge in [-0.25, -0.2) is 0 Å². The fourth-order valence-electron chi connectivity index (χ4n) is 3.08. The second-order valence-electron chi connectivity index (χ2n) is 7.05. The topological polar surface area (TPSA) is 171 Å². The number of aromatic nitrogens is 2. The molecule has 0 radical (unpaired) electrons. The smallest absolute Gasteiger partial charge is 0.305 e. The second kappa shape index (κ2) is 13.3. The van der Waals surface area contributed by atoms with Crippen molar-refractivity contribution in [2.24, 2.45) is 10.2 Å². The summed E-state index contributed by atoms with van der Waals surface area (Å²) in [6, 6.07) is 5.22. The third-order valence-corrected chi connectivity index (χ3v) is 4.54. The molecule has 0 unspecified atom stereocenters. The number of nitrogens with zero attached hydrogens (tertiary/aromatic N) is 8. The molecule has 0 atom stereocenters. The number of amides is 1. The molecule has 2 rings (SSSR count). The van der Waals surface area contributed by atoms with Gasteiger partial charge in [-0.05, 0) is 47.2 Å². The summed E-state index contributed by atoms with van der Waals surface area (Å²) in [7, 11) is 1.37. The number of esters is 1. The summed E-state index contributed by atoms with van der Waals surface area (Å²) >= 11 is 0. The number of ether oxygens (including phenoxy) is 1. The summed E-state index contributed by atoms with van der Waals surface area (Å²) < 4.78 is 6.24. The van der Waals surface area contributed by atoms with Gasteiger partial charge in [-0.1, -0.05) is 29.1 Å². The van der Waals surface area contributed by atoms with E-state index in [-0.39, 0.29) is 18.4 Å². The fourth-order valence-corrected chi connectivity index (χ4v) is 3.08. The summed E-state index contributed by atoms with van der Waals surface area (Å²) in [6.07, 6.45) is 7.29. The van der Waals surface area contributed by atoms with Crippen LogP contribution in [0.2, 0.25) is 0 Å². The first-order valence-corrected chi connectivity index (χ1v) is 10.1. The molecule has 12 nitrogen and oxygen atoms in total. The standard InChI is InChI=1S/C20H25N9O3/c1-32-20(31)7-5-3-2-4-6-19(30)25-18-12-24-29(14-18)13-16-8-15(11-23-27-21)9-17(10-16)26-28-22/h8-10,12,14H,2-7,11,13H2,1H3,(H,25,30). The molecule has 32 heavy (non-hydrogen) atoms. The van der Waals surface area contributed by atoms with Crippen LogP contribution in [0.25, 0.3) is 20.9 Å². The van der Waals surface area contributed by atoms with Crippen molar-refractivity contribution in [3.8, 4) is 0 Å². The summed E-state index contributed by atoms with van der Waals surface area (Å²) in [5.41, 5.74) is 19.7. The predicted molar refractivity (Wildman–Crippen MR) is 118 cm³/mol. The maximum absolute atomic E-state index is 12.1. The highest BCUT2D eigenvalue weighted by Crippen LogP contribution is 2.20. The van der Waals surface area contributed by atoms with Crippen molar-refractivity contribution in [1.82, 2.24) is 9.78 Å². The number of hydrogen-bond acceptors (Lipinski definition) is 6. The number of carbonyl (C=O) groups is 2. The number of azide groups is 2. The minimum Gasteiger partial charge on any atom is -0.469 e. The van der Waals surface area contributed by atoms with E-state index in [4.69, 9.17) is 11.1 Å². The molecule has 168 valence electrons. The van der Waals surface area contributed by atoms with Crippen molar-refractivity contribution in [3.05, 3.63) is 62.6 Å². The molecule has 0 spiro atoms. The normalized spacial score (nSPS) is 10.0. The summed E-state index contributed by atoms with van der Waals surface area (Å²) in [6.45, 7) is 0.523. The summed E-state index contributed by atoms with van der Waals surface area (Å²) in [5, 5.41) is 14.2. The molecule has 2 aromatic rings. The van der Waals surface area contributed by atoms with Gasteiger partial charge in [0.15, 0.2) is 0 Å². The van der Waals surface area contributed by atoms with Crippen LogP contribution in [0.4, 0.5) is 11.4 Å². The second-order valence-corrected chi connectivity index (χ2v) is 7.05. The van der Waals surface area contributed by atoms with Crippen molar-refractivity contribution in [3.63, 3.8) is 0 Å². The van der Waals surface area contributed by atoms with E-state index in [0.29, 0.717) is 30.8 Å². The van der Waals surface area contributed by atoms with Crippen molar-refractivity contribution in [1.29, 1.82) is 0 Å². The van der Waals surface area contributed by atoms with E-state index in [1.54, 1.807) is 29.2 Å². The molecular weight excluding hydrogens is 414 g/mol. The maximum atomic E-state index is 12.1. The Balaban J connectivity index is 1.85. The largest absolute Gasteiger partial charge is 0.469 e. The van der Waals surface area contributed by atoms with Crippen molar-refractivity contribution >= 4 is 23.3 Å². The first kappa shape index (κ1) is 24.3. The first-order valence-electron chi connectivity index (χ1n) is 10.1. The lowest BCUT2D eigenvalue weighted by Crippen LogP contribution is -2.10. The van der Waals surface area contributed by atoms with Gasteiger partial charge in [0.25, 0.3) is 0 Å². The van der Waals surface area contributed by atoms with Crippen LogP contribution in [0.15, 0.2) is 40.8 Å². The van der Waals surface area contributed by atoms with Crippen LogP contribution in [0, 0.1) is 0 Å². The molecule has 0 saturated carbocycles. The molecule has 1 amide bonds. The number of benzene rings is 1. The Morgan fingerprint density at radius 1 is 1.09 bits per heavy atom. The zero-order valence-electron chi connectivity index (χ0n) is 17.8. The number of methoxy groups -OCH3 is 1. The number of carbonyl (C=O) groups excluding carboxylic acids is 2. The van der Waals surface area contributed by atoms with Gasteiger partial charge in [-0.3, -0.25) is 14.3 Å². The van der Waals surface area contributed by atoms with Gasteiger partial charge in [0.1, 0.15) is 0 Å². The Kier molecular flexibility index (Phi) is 10.1. The molecule has 12 heteroatoms. The summed E-state index contributed by atoms with van der Waals surface area (Å²) in [5.74, 6) is -0.310. The average Bonchev–Trinajstić information content (AvgIpc) is 3.21. The van der Waals surface area contributed by atoms with Crippen LogP contribution in [0.3, 0.4) is 0 Å². The summed E-state index contributed by atoms with van der Waals surface area (Å²) in [4.78, 5) is 28.7. The SMILES string of the molecule is COC(=O)CCCCCCC(=O)Nc1cnn(Cc2cc(CN=[N+]=[N-])cc(N=[N+]=[N-])c2)c1. The van der Waals surface area contributed by atoms with Gasteiger partial charge in [0, 0.05) is 34.5 Å². The van der Waals surface area contributed by atoms with E-state index in [1.807, 2.05) is 6.07 Å². The number of hydrogen-bond donors (Lipinski definition) is 1. The fraction of sp³-hybridized carbons (Fsp3) is 0.450. The van der Waals surface area contributed by atoms with E-state index in [1.165, 1.54) is 7.11 Å². The van der Waals surface area contributed by atoms with Crippen molar-refractivity contribution in [2.45, 2.75) is 51.6 Å². The molecule has 0 aliphatic heterocycles. The van der Waals surface area contributed by atoms with E-state index < -0.39 is 0 Å². The zero-order chi connectivity index (χ0) is 23.2. The van der Waals surface area contributed by atoms with Crippen LogP contribution >= 0.6 is 0 Å². The minimum absolute atomic E-state index is 0.0977. The highest BCUT2D eigenvalue weighted by Gasteiger charge is 2.07. The number of nitrogens with one attached hydrogen (secondary N) is 1. The quantitative estimate of drug-likeness (QED) is 0.150. The first-order chi connectivity index (χ1) is 15.5. The Hall–Kier alpha value is -4.01. The van der Waals surface area contributed by atoms with Crippen molar-refractivity contribution in [2.75, 3.05) is 12.4 Å². The molecular formula is C20H25N9O3. The molecule has 1 aromatic carbocycles. The van der Waals surface area contributed by atoms with Crippen LogP contribution in [-0.2, 0) is 27.4 Å². The van der Waals surface area contributed by atoms with Crippen molar-refractivity contribution < 1.29 is 14.3 Å². The van der Waals surface area contributed by atoms with Gasteiger partial charge in [0.2, 0.25) is 5.91 Å².